The van der Waals surface area contributed by atoms with E-state index in [1.54, 1.807) is 48.5 Å². The number of carbonyl (C=O) groups excluding carboxylic acids is 3. The van der Waals surface area contributed by atoms with E-state index < -0.39 is 28.0 Å². The van der Waals surface area contributed by atoms with Crippen molar-refractivity contribution in [2.24, 2.45) is 5.92 Å². The van der Waals surface area contributed by atoms with Gasteiger partial charge in [-0.15, -0.1) is 23.2 Å². The summed E-state index contributed by atoms with van der Waals surface area (Å²) in [5.74, 6) is -2.26. The molecule has 2 unspecified atom stereocenters. The molecular weight excluding hydrogens is 542 g/mol. The van der Waals surface area contributed by atoms with Crippen molar-refractivity contribution in [3.8, 4) is 0 Å². The number of aldehydes is 1. The van der Waals surface area contributed by atoms with E-state index in [0.29, 0.717) is 38.8 Å². The number of hydrogen-bond donors (Lipinski definition) is 2. The van der Waals surface area contributed by atoms with Crippen molar-refractivity contribution in [3.05, 3.63) is 92.4 Å². The van der Waals surface area contributed by atoms with Crippen LogP contribution < -0.4 is 10.6 Å². The molecule has 1 aliphatic carbocycles. The van der Waals surface area contributed by atoms with Gasteiger partial charge in [0.05, 0.1) is 22.2 Å². The summed E-state index contributed by atoms with van der Waals surface area (Å²) in [4.78, 5) is 37.0. The van der Waals surface area contributed by atoms with E-state index in [-0.39, 0.29) is 10.6 Å². The molecule has 1 fully saturated rings. The van der Waals surface area contributed by atoms with E-state index in [1.165, 1.54) is 12.1 Å². The van der Waals surface area contributed by atoms with Gasteiger partial charge >= 0.3 is 0 Å². The number of amides is 2. The Kier molecular flexibility index (Phi) is 7.13. The van der Waals surface area contributed by atoms with Gasteiger partial charge in [0, 0.05) is 27.2 Å². The van der Waals surface area contributed by atoms with Crippen molar-refractivity contribution < 1.29 is 14.4 Å². The highest BCUT2D eigenvalue weighted by Gasteiger charge is 2.67. The molecule has 0 aromatic heterocycles. The van der Waals surface area contributed by atoms with Crippen LogP contribution in [0.1, 0.15) is 32.2 Å². The molecule has 0 radical (unpaired) electrons. The highest BCUT2D eigenvalue weighted by Crippen LogP contribution is 2.65. The lowest BCUT2D eigenvalue weighted by Gasteiger charge is -2.11. The van der Waals surface area contributed by atoms with Gasteiger partial charge < -0.3 is 10.6 Å². The second kappa shape index (κ2) is 9.76. The van der Waals surface area contributed by atoms with Crippen molar-refractivity contribution in [1.29, 1.82) is 0 Å². The van der Waals surface area contributed by atoms with Crippen molar-refractivity contribution in [3.63, 3.8) is 0 Å². The lowest BCUT2D eigenvalue weighted by atomic mass is 10.1. The summed E-state index contributed by atoms with van der Waals surface area (Å²) in [6.45, 7) is 0. The Bertz CT molecular complexity index is 1290. The molecule has 1 aliphatic rings. The molecule has 1 saturated carbocycles. The first-order valence-corrected chi connectivity index (χ1v) is 11.8. The van der Waals surface area contributed by atoms with E-state index in [4.69, 9.17) is 58.0 Å². The maximum absolute atomic E-state index is 13.0. The quantitative estimate of drug-likeness (QED) is 0.248. The molecule has 2 amide bonds. The minimum atomic E-state index is -1.34. The lowest BCUT2D eigenvalue weighted by molar-refractivity contribution is -0.117. The number of carbonyl (C=O) groups is 3. The first-order chi connectivity index (χ1) is 16.1. The van der Waals surface area contributed by atoms with Gasteiger partial charge in [0.1, 0.15) is 4.33 Å². The van der Waals surface area contributed by atoms with Gasteiger partial charge in [-0.1, -0.05) is 46.9 Å². The fraction of sp³-hybridized carbons (Fsp3) is 0.125. The number of rotatable bonds is 6. The molecule has 2 atom stereocenters. The standard InChI is InChI=1S/C24H15Cl5N2O3/c25-14-7-13(8-15(26)9-14)20-21(24(20,28)29)23(34)30-16-5-6-18(27)17(10-16)22(33)31-19-4-2-1-3-12(19)11-32/h1-11,20-21H,(H,30,34)(H,31,33). The molecule has 2 N–H and O–H groups in total. The summed E-state index contributed by atoms with van der Waals surface area (Å²) in [6, 6.07) is 15.9. The Morgan fingerprint density at radius 3 is 2.24 bits per heavy atom. The Morgan fingerprint density at radius 2 is 1.56 bits per heavy atom. The second-order valence-electron chi connectivity index (χ2n) is 7.68. The first-order valence-electron chi connectivity index (χ1n) is 9.91. The molecule has 10 heteroatoms. The zero-order valence-electron chi connectivity index (χ0n) is 17.1. The first kappa shape index (κ1) is 24.8. The van der Waals surface area contributed by atoms with Gasteiger partial charge in [-0.2, -0.15) is 0 Å². The van der Waals surface area contributed by atoms with Gasteiger partial charge in [-0.25, -0.2) is 0 Å². The zero-order chi connectivity index (χ0) is 24.6. The van der Waals surface area contributed by atoms with Crippen LogP contribution in [0, 0.1) is 5.92 Å². The molecule has 0 spiro atoms. The van der Waals surface area contributed by atoms with Gasteiger partial charge in [-0.3, -0.25) is 14.4 Å². The maximum Gasteiger partial charge on any atom is 0.257 e. The molecule has 3 aromatic carbocycles. The van der Waals surface area contributed by atoms with E-state index in [1.807, 2.05) is 0 Å². The van der Waals surface area contributed by atoms with Gasteiger partial charge in [0.15, 0.2) is 6.29 Å². The number of halogens is 5. The van der Waals surface area contributed by atoms with Crippen LogP contribution in [0.3, 0.4) is 0 Å². The third-order valence-electron chi connectivity index (χ3n) is 5.39. The van der Waals surface area contributed by atoms with Crippen molar-refractivity contribution >= 4 is 87.5 Å². The van der Waals surface area contributed by atoms with Gasteiger partial charge in [-0.05, 0) is 54.1 Å². The number of nitrogens with one attached hydrogen (secondary N) is 2. The van der Waals surface area contributed by atoms with Crippen LogP contribution >= 0.6 is 58.0 Å². The van der Waals surface area contributed by atoms with Gasteiger partial charge in [0.2, 0.25) is 5.91 Å². The number of benzene rings is 3. The minimum Gasteiger partial charge on any atom is -0.326 e. The van der Waals surface area contributed by atoms with E-state index in [9.17, 15) is 14.4 Å². The van der Waals surface area contributed by atoms with Crippen molar-refractivity contribution in [2.45, 2.75) is 10.3 Å². The maximum atomic E-state index is 13.0. The Balaban J connectivity index is 1.52. The third-order valence-corrected chi connectivity index (χ3v) is 7.10. The minimum absolute atomic E-state index is 0.108. The molecule has 3 aromatic rings. The van der Waals surface area contributed by atoms with Crippen LogP contribution in [-0.4, -0.2) is 22.4 Å². The van der Waals surface area contributed by atoms with E-state index >= 15 is 0 Å². The fourth-order valence-corrected chi connectivity index (χ4v) is 5.30. The fourth-order valence-electron chi connectivity index (χ4n) is 3.72. The summed E-state index contributed by atoms with van der Waals surface area (Å²) in [7, 11) is 0. The third kappa shape index (κ3) is 5.04. The summed E-state index contributed by atoms with van der Waals surface area (Å²) < 4.78 is -1.34. The molecule has 174 valence electrons. The van der Waals surface area contributed by atoms with Crippen LogP contribution in [0.2, 0.25) is 15.1 Å². The smallest absolute Gasteiger partial charge is 0.257 e. The predicted molar refractivity (Wildman–Crippen MR) is 137 cm³/mol. The van der Waals surface area contributed by atoms with Crippen LogP contribution in [0.25, 0.3) is 0 Å². The summed E-state index contributed by atoms with van der Waals surface area (Å²) in [6.07, 6.45) is 0.636. The number of alkyl halides is 2. The summed E-state index contributed by atoms with van der Waals surface area (Å²) in [5.41, 5.74) is 1.73. The summed E-state index contributed by atoms with van der Waals surface area (Å²) >= 11 is 31.2. The largest absolute Gasteiger partial charge is 0.326 e. The lowest BCUT2D eigenvalue weighted by Crippen LogP contribution is -2.18. The normalized spacial score (nSPS) is 18.1. The highest BCUT2D eigenvalue weighted by molar-refractivity contribution is 6.53. The number of anilines is 2. The topological polar surface area (TPSA) is 75.3 Å². The zero-order valence-corrected chi connectivity index (χ0v) is 20.9. The van der Waals surface area contributed by atoms with Crippen LogP contribution in [0.15, 0.2) is 60.7 Å². The Morgan fingerprint density at radius 1 is 0.882 bits per heavy atom. The molecular formula is C24H15Cl5N2O3. The molecule has 0 heterocycles. The molecule has 0 bridgehead atoms. The SMILES string of the molecule is O=Cc1ccccc1NC(=O)c1cc(NC(=O)C2C(c3cc(Cl)cc(Cl)c3)C2(Cl)Cl)ccc1Cl. The molecule has 5 nitrogen and oxygen atoms in total. The van der Waals surface area contributed by atoms with E-state index in [0.717, 1.165) is 0 Å². The second-order valence-corrected chi connectivity index (χ2v) is 10.4. The molecule has 4 rings (SSSR count). The predicted octanol–water partition coefficient (Wildman–Crippen LogP) is 7.24. The van der Waals surface area contributed by atoms with Crippen molar-refractivity contribution in [1.82, 2.24) is 0 Å². The number of para-hydroxylation sites is 1. The Hall–Kier alpha value is -2.28. The van der Waals surface area contributed by atoms with Crippen LogP contribution in [0.4, 0.5) is 11.4 Å². The van der Waals surface area contributed by atoms with E-state index in [2.05, 4.69) is 10.6 Å². The monoisotopic (exact) mass is 554 g/mol. The Labute approximate surface area is 220 Å². The van der Waals surface area contributed by atoms with Crippen molar-refractivity contribution in [2.75, 3.05) is 10.6 Å². The molecule has 34 heavy (non-hydrogen) atoms. The molecule has 0 saturated heterocycles. The van der Waals surface area contributed by atoms with Gasteiger partial charge in [0.25, 0.3) is 5.91 Å². The molecule has 0 aliphatic heterocycles. The average molecular weight is 557 g/mol. The van der Waals surface area contributed by atoms with Crippen LogP contribution in [-0.2, 0) is 4.79 Å². The summed E-state index contributed by atoms with van der Waals surface area (Å²) in [5, 5.41) is 6.36. The average Bonchev–Trinajstić information content (AvgIpc) is 3.36. The highest BCUT2D eigenvalue weighted by atomic mass is 35.5. The number of hydrogen-bond acceptors (Lipinski definition) is 3. The van der Waals surface area contributed by atoms with Crippen LogP contribution in [0.5, 0.6) is 0 Å².